The third kappa shape index (κ3) is 3.00. The van der Waals surface area contributed by atoms with Crippen LogP contribution in [0.5, 0.6) is 0 Å². The fraction of sp³-hybridized carbons (Fsp3) is 0.333. The van der Waals surface area contributed by atoms with Crippen molar-refractivity contribution >= 4 is 35.1 Å². The van der Waals surface area contributed by atoms with Gasteiger partial charge in [-0.3, -0.25) is 4.79 Å². The molecule has 1 N–H and O–H groups in total. The fourth-order valence-electron chi connectivity index (χ4n) is 1.87. The number of amides is 1. The minimum absolute atomic E-state index is 0.0285. The van der Waals surface area contributed by atoms with Gasteiger partial charge in [0, 0.05) is 11.6 Å². The highest BCUT2D eigenvalue weighted by atomic mass is 35.5. The van der Waals surface area contributed by atoms with E-state index in [4.69, 9.17) is 33.0 Å². The molecule has 1 atom stereocenters. The van der Waals surface area contributed by atoms with E-state index in [0.29, 0.717) is 11.6 Å². The van der Waals surface area contributed by atoms with Gasteiger partial charge in [-0.05, 0) is 18.2 Å². The lowest BCUT2D eigenvalue weighted by molar-refractivity contribution is -0.147. The number of benzene rings is 1. The Labute approximate surface area is 119 Å². The third-order valence-electron chi connectivity index (χ3n) is 2.83. The molecule has 1 saturated heterocycles. The van der Waals surface area contributed by atoms with E-state index in [1.165, 1.54) is 17.0 Å². The maximum atomic E-state index is 12.4. The highest BCUT2D eigenvalue weighted by molar-refractivity contribution is 6.35. The standard InChI is InChI=1S/C12H11Cl2NO4/c13-7-1-2-9(14)8(5-7)11(16)15-3-4-19-6-10(15)12(17)18/h1-2,5,10H,3-4,6H2,(H,17,18)/t10-/m1/s1. The zero-order valence-corrected chi connectivity index (χ0v) is 11.3. The molecule has 0 radical (unpaired) electrons. The number of carboxylic acid groups (broad SMARTS) is 1. The molecular weight excluding hydrogens is 293 g/mol. The Hall–Kier alpha value is -1.30. The van der Waals surface area contributed by atoms with Crippen LogP contribution in [0.4, 0.5) is 0 Å². The molecule has 102 valence electrons. The van der Waals surface area contributed by atoms with E-state index >= 15 is 0 Å². The largest absolute Gasteiger partial charge is 0.480 e. The topological polar surface area (TPSA) is 66.8 Å². The minimum Gasteiger partial charge on any atom is -0.480 e. The van der Waals surface area contributed by atoms with Gasteiger partial charge in [-0.25, -0.2) is 4.79 Å². The quantitative estimate of drug-likeness (QED) is 0.906. The van der Waals surface area contributed by atoms with Crippen molar-refractivity contribution in [3.8, 4) is 0 Å². The van der Waals surface area contributed by atoms with Crippen molar-refractivity contribution in [3.63, 3.8) is 0 Å². The summed E-state index contributed by atoms with van der Waals surface area (Å²) in [5, 5.41) is 9.70. The van der Waals surface area contributed by atoms with Gasteiger partial charge in [0.15, 0.2) is 6.04 Å². The number of carbonyl (C=O) groups excluding carboxylic acids is 1. The van der Waals surface area contributed by atoms with E-state index in [2.05, 4.69) is 0 Å². The van der Waals surface area contributed by atoms with Crippen LogP contribution in [-0.2, 0) is 9.53 Å². The van der Waals surface area contributed by atoms with Gasteiger partial charge in [0.2, 0.25) is 0 Å². The Bertz CT molecular complexity index is 520. The number of nitrogens with zero attached hydrogens (tertiary/aromatic N) is 1. The number of hydrogen-bond acceptors (Lipinski definition) is 3. The molecule has 1 aliphatic heterocycles. The van der Waals surface area contributed by atoms with Crippen molar-refractivity contribution in [2.24, 2.45) is 0 Å². The Balaban J connectivity index is 2.31. The molecule has 5 nitrogen and oxygen atoms in total. The maximum Gasteiger partial charge on any atom is 0.328 e. The van der Waals surface area contributed by atoms with E-state index in [9.17, 15) is 9.59 Å². The summed E-state index contributed by atoms with van der Waals surface area (Å²) in [5.41, 5.74) is 0.197. The summed E-state index contributed by atoms with van der Waals surface area (Å²) >= 11 is 11.8. The van der Waals surface area contributed by atoms with Crippen LogP contribution in [0.15, 0.2) is 18.2 Å². The van der Waals surface area contributed by atoms with Gasteiger partial charge in [-0.2, -0.15) is 0 Å². The lowest BCUT2D eigenvalue weighted by Gasteiger charge is -2.33. The Morgan fingerprint density at radius 3 is 2.79 bits per heavy atom. The van der Waals surface area contributed by atoms with E-state index in [-0.39, 0.29) is 23.7 Å². The zero-order valence-electron chi connectivity index (χ0n) is 9.81. The maximum absolute atomic E-state index is 12.4. The molecule has 0 spiro atoms. The van der Waals surface area contributed by atoms with Gasteiger partial charge < -0.3 is 14.7 Å². The highest BCUT2D eigenvalue weighted by Gasteiger charge is 2.33. The second-order valence-electron chi connectivity index (χ2n) is 4.05. The Morgan fingerprint density at radius 2 is 2.11 bits per heavy atom. The van der Waals surface area contributed by atoms with E-state index in [1.807, 2.05) is 0 Å². The van der Waals surface area contributed by atoms with E-state index < -0.39 is 17.9 Å². The first-order valence-electron chi connectivity index (χ1n) is 5.57. The zero-order chi connectivity index (χ0) is 14.0. The number of halogens is 2. The molecule has 0 bridgehead atoms. The van der Waals surface area contributed by atoms with Gasteiger partial charge >= 0.3 is 5.97 Å². The normalized spacial score (nSPS) is 19.3. The molecule has 1 heterocycles. The number of hydrogen-bond donors (Lipinski definition) is 1. The van der Waals surface area contributed by atoms with Crippen molar-refractivity contribution in [3.05, 3.63) is 33.8 Å². The SMILES string of the molecule is O=C(O)[C@H]1COCCN1C(=O)c1cc(Cl)ccc1Cl. The molecule has 7 heteroatoms. The third-order valence-corrected chi connectivity index (χ3v) is 3.40. The number of rotatable bonds is 2. The van der Waals surface area contributed by atoms with Gasteiger partial charge in [0.05, 0.1) is 23.8 Å². The Kier molecular flexibility index (Phi) is 4.29. The summed E-state index contributed by atoms with van der Waals surface area (Å²) in [6.07, 6.45) is 0. The van der Waals surface area contributed by atoms with Crippen molar-refractivity contribution in [1.29, 1.82) is 0 Å². The molecule has 19 heavy (non-hydrogen) atoms. The molecule has 1 aromatic rings. The summed E-state index contributed by atoms with van der Waals surface area (Å²) in [5.74, 6) is -1.56. The monoisotopic (exact) mass is 303 g/mol. The summed E-state index contributed by atoms with van der Waals surface area (Å²) in [6, 6.07) is 3.50. The lowest BCUT2D eigenvalue weighted by atomic mass is 10.1. The number of aliphatic carboxylic acids is 1. The summed E-state index contributed by atoms with van der Waals surface area (Å²) < 4.78 is 5.08. The second-order valence-corrected chi connectivity index (χ2v) is 4.90. The molecule has 0 aliphatic carbocycles. The predicted molar refractivity (Wildman–Crippen MR) is 69.7 cm³/mol. The van der Waals surface area contributed by atoms with Crippen molar-refractivity contribution < 1.29 is 19.4 Å². The summed E-state index contributed by atoms with van der Waals surface area (Å²) in [4.78, 5) is 24.7. The molecular formula is C12H11Cl2NO4. The van der Waals surface area contributed by atoms with Crippen LogP contribution in [0.1, 0.15) is 10.4 Å². The van der Waals surface area contributed by atoms with Crippen LogP contribution >= 0.6 is 23.2 Å². The summed E-state index contributed by atoms with van der Waals surface area (Å²) in [6.45, 7) is 0.478. The van der Waals surface area contributed by atoms with Gasteiger partial charge in [-0.15, -0.1) is 0 Å². The van der Waals surface area contributed by atoms with Crippen LogP contribution in [0, 0.1) is 0 Å². The second kappa shape index (κ2) is 5.77. The molecule has 1 amide bonds. The first-order valence-corrected chi connectivity index (χ1v) is 6.33. The van der Waals surface area contributed by atoms with Crippen LogP contribution < -0.4 is 0 Å². The lowest BCUT2D eigenvalue weighted by Crippen LogP contribution is -2.52. The molecule has 0 unspecified atom stereocenters. The van der Waals surface area contributed by atoms with Gasteiger partial charge in [0.1, 0.15) is 0 Å². The van der Waals surface area contributed by atoms with E-state index in [1.54, 1.807) is 6.07 Å². The number of ether oxygens (including phenoxy) is 1. The smallest absolute Gasteiger partial charge is 0.328 e. The minimum atomic E-state index is -1.11. The number of carbonyl (C=O) groups is 2. The van der Waals surface area contributed by atoms with Crippen molar-refractivity contribution in [2.45, 2.75) is 6.04 Å². The van der Waals surface area contributed by atoms with Crippen LogP contribution in [-0.4, -0.2) is 47.7 Å². The van der Waals surface area contributed by atoms with E-state index in [0.717, 1.165) is 0 Å². The highest BCUT2D eigenvalue weighted by Crippen LogP contribution is 2.23. The van der Waals surface area contributed by atoms with Gasteiger partial charge in [0.25, 0.3) is 5.91 Å². The molecule has 2 rings (SSSR count). The predicted octanol–water partition coefficient (Wildman–Crippen LogP) is 1.92. The number of morpholine rings is 1. The first-order chi connectivity index (χ1) is 9.00. The van der Waals surface area contributed by atoms with Crippen LogP contribution in [0.2, 0.25) is 10.0 Å². The Morgan fingerprint density at radius 1 is 1.37 bits per heavy atom. The molecule has 0 saturated carbocycles. The molecule has 1 fully saturated rings. The van der Waals surface area contributed by atoms with Crippen LogP contribution in [0.25, 0.3) is 0 Å². The van der Waals surface area contributed by atoms with Crippen LogP contribution in [0.3, 0.4) is 0 Å². The average molecular weight is 304 g/mol. The average Bonchev–Trinajstić information content (AvgIpc) is 2.40. The van der Waals surface area contributed by atoms with Crippen molar-refractivity contribution in [1.82, 2.24) is 4.90 Å². The first kappa shape index (κ1) is 14.1. The molecule has 1 aliphatic rings. The molecule has 1 aromatic carbocycles. The van der Waals surface area contributed by atoms with Gasteiger partial charge in [-0.1, -0.05) is 23.2 Å². The summed E-state index contributed by atoms with van der Waals surface area (Å²) in [7, 11) is 0. The molecule has 0 aromatic heterocycles. The van der Waals surface area contributed by atoms with Crippen molar-refractivity contribution in [2.75, 3.05) is 19.8 Å². The fourth-order valence-corrected chi connectivity index (χ4v) is 2.24. The number of carboxylic acids is 1.